The van der Waals surface area contributed by atoms with Gasteiger partial charge in [0.2, 0.25) is 5.95 Å². The van der Waals surface area contributed by atoms with Crippen molar-refractivity contribution in [3.05, 3.63) is 16.7 Å². The van der Waals surface area contributed by atoms with Crippen LogP contribution in [0.25, 0.3) is 11.2 Å². The van der Waals surface area contributed by atoms with Crippen LogP contribution in [0.4, 0.5) is 5.95 Å². The Bertz CT molecular complexity index is 1020. The van der Waals surface area contributed by atoms with E-state index in [1.807, 2.05) is 20.8 Å². The third-order valence-corrected chi connectivity index (χ3v) is 5.73. The molecule has 1 saturated heterocycles. The Morgan fingerprint density at radius 2 is 2.03 bits per heavy atom. The summed E-state index contributed by atoms with van der Waals surface area (Å²) in [4.78, 5) is 33.0. The van der Waals surface area contributed by atoms with E-state index in [0.29, 0.717) is 6.42 Å². The van der Waals surface area contributed by atoms with Gasteiger partial charge in [0, 0.05) is 6.42 Å². The normalized spacial score (nSPS) is 25.0. The summed E-state index contributed by atoms with van der Waals surface area (Å²) in [5, 5.41) is 0. The van der Waals surface area contributed by atoms with E-state index >= 15 is 0 Å². The Hall–Kier alpha value is -1.78. The number of nitrogens with two attached hydrogens (primary N) is 1. The first kappa shape index (κ1) is 22.9. The molecule has 0 aromatic carbocycles. The predicted molar refractivity (Wildman–Crippen MR) is 111 cm³/mol. The van der Waals surface area contributed by atoms with E-state index in [9.17, 15) is 14.3 Å². The van der Waals surface area contributed by atoms with Crippen molar-refractivity contribution < 1.29 is 23.2 Å². The molecule has 1 aliphatic heterocycles. The molecule has 1 fully saturated rings. The Morgan fingerprint density at radius 1 is 1.37 bits per heavy atom. The van der Waals surface area contributed by atoms with Crippen molar-refractivity contribution in [1.29, 1.82) is 0 Å². The summed E-state index contributed by atoms with van der Waals surface area (Å²) in [6.07, 6.45) is 0.485. The first-order valence-electron chi connectivity index (χ1n) is 9.73. The number of hydrogen-bond donors (Lipinski definition) is 3. The number of imidazole rings is 1. The highest BCUT2D eigenvalue weighted by Crippen LogP contribution is 2.52. The van der Waals surface area contributed by atoms with Crippen LogP contribution in [-0.2, 0) is 18.3 Å². The lowest BCUT2D eigenvalue weighted by molar-refractivity contribution is -0.0402. The van der Waals surface area contributed by atoms with Crippen LogP contribution in [0, 0.1) is 5.41 Å². The molecule has 2 aromatic rings. The van der Waals surface area contributed by atoms with Crippen molar-refractivity contribution in [2.75, 3.05) is 5.73 Å². The summed E-state index contributed by atoms with van der Waals surface area (Å²) in [7, 11) is -4.33. The maximum Gasteiger partial charge on any atom is 0.473 e. The fourth-order valence-electron chi connectivity index (χ4n) is 3.46. The standard InChI is InChI=1S/C18H30N5O6P/c1-17(2,3)8-11-10(28-30(25,26)29-18(4,5)6)7-12(27-11)23-9-20-13-14(23)21-16(19)22-15(13)24/h9-12H,7-8H2,1-6H3,(H,25,26)(H3,19,21,22,24). The number of hydrogen-bond acceptors (Lipinski definition) is 8. The lowest BCUT2D eigenvalue weighted by Crippen LogP contribution is -2.29. The molecule has 4 N–H and O–H groups in total. The van der Waals surface area contributed by atoms with Gasteiger partial charge in [-0.05, 0) is 32.6 Å². The number of nitrogen functional groups attached to an aromatic ring is 1. The number of aromatic nitrogens is 4. The lowest BCUT2D eigenvalue weighted by atomic mass is 9.87. The van der Waals surface area contributed by atoms with E-state index in [1.165, 1.54) is 6.33 Å². The number of anilines is 1. The molecule has 12 heteroatoms. The topological polar surface area (TPSA) is 155 Å². The van der Waals surface area contributed by atoms with Crippen LogP contribution in [-0.4, -0.2) is 42.2 Å². The van der Waals surface area contributed by atoms with Gasteiger partial charge in [0.25, 0.3) is 5.56 Å². The number of rotatable bonds is 5. The molecule has 2 aromatic heterocycles. The molecule has 0 saturated carbocycles. The average Bonchev–Trinajstić information content (AvgIpc) is 3.07. The quantitative estimate of drug-likeness (QED) is 0.592. The van der Waals surface area contributed by atoms with Gasteiger partial charge in [0.1, 0.15) is 6.23 Å². The van der Waals surface area contributed by atoms with Crippen molar-refractivity contribution in [2.24, 2.45) is 5.41 Å². The summed E-state index contributed by atoms with van der Waals surface area (Å²) >= 11 is 0. The van der Waals surface area contributed by atoms with Gasteiger partial charge >= 0.3 is 7.82 Å². The molecular weight excluding hydrogens is 413 g/mol. The molecule has 0 bridgehead atoms. The summed E-state index contributed by atoms with van der Waals surface area (Å²) in [5.74, 6) is -0.0373. The van der Waals surface area contributed by atoms with Crippen molar-refractivity contribution in [3.63, 3.8) is 0 Å². The van der Waals surface area contributed by atoms with Crippen molar-refractivity contribution >= 4 is 24.9 Å². The van der Waals surface area contributed by atoms with Gasteiger partial charge in [-0.3, -0.25) is 23.4 Å². The Balaban J connectivity index is 1.90. The number of aromatic amines is 1. The van der Waals surface area contributed by atoms with Crippen LogP contribution in [0.1, 0.15) is 60.6 Å². The molecule has 3 rings (SSSR count). The monoisotopic (exact) mass is 443 g/mol. The zero-order valence-corrected chi connectivity index (χ0v) is 19.0. The van der Waals surface area contributed by atoms with E-state index in [-0.39, 0.29) is 28.9 Å². The van der Waals surface area contributed by atoms with Crippen molar-refractivity contribution in [3.8, 4) is 0 Å². The molecule has 0 spiro atoms. The molecule has 3 heterocycles. The zero-order valence-electron chi connectivity index (χ0n) is 18.1. The number of H-pyrrole nitrogens is 1. The smallest absolute Gasteiger partial charge is 0.369 e. The molecule has 30 heavy (non-hydrogen) atoms. The average molecular weight is 443 g/mol. The Kier molecular flexibility index (Phi) is 5.90. The van der Waals surface area contributed by atoms with Crippen LogP contribution in [0.5, 0.6) is 0 Å². The fraction of sp³-hybridized carbons (Fsp3) is 0.722. The van der Waals surface area contributed by atoms with Gasteiger partial charge < -0.3 is 15.4 Å². The summed E-state index contributed by atoms with van der Waals surface area (Å²) in [5.41, 5.74) is 4.65. The zero-order chi connectivity index (χ0) is 22.5. The highest BCUT2D eigenvalue weighted by atomic mass is 31.2. The van der Waals surface area contributed by atoms with Crippen LogP contribution in [0.3, 0.4) is 0 Å². The number of nitrogens with zero attached hydrogens (tertiary/aromatic N) is 3. The molecule has 4 atom stereocenters. The summed E-state index contributed by atoms with van der Waals surface area (Å²) < 4.78 is 31.1. The maximum atomic E-state index is 12.6. The number of nitrogens with one attached hydrogen (secondary N) is 1. The molecular formula is C18H30N5O6P. The Morgan fingerprint density at radius 3 is 2.63 bits per heavy atom. The van der Waals surface area contributed by atoms with Gasteiger partial charge in [-0.15, -0.1) is 0 Å². The van der Waals surface area contributed by atoms with Gasteiger partial charge in [-0.25, -0.2) is 9.55 Å². The van der Waals surface area contributed by atoms with E-state index < -0.39 is 37.4 Å². The van der Waals surface area contributed by atoms with Crippen LogP contribution < -0.4 is 11.3 Å². The fourth-order valence-corrected chi connectivity index (χ4v) is 4.76. The Labute approximate surface area is 174 Å². The van der Waals surface area contributed by atoms with E-state index in [0.717, 1.165) is 0 Å². The van der Waals surface area contributed by atoms with Gasteiger partial charge in [-0.2, -0.15) is 4.98 Å². The molecule has 1 aliphatic rings. The first-order valence-corrected chi connectivity index (χ1v) is 11.2. The number of ether oxygens (including phenoxy) is 1. The van der Waals surface area contributed by atoms with Crippen LogP contribution >= 0.6 is 7.82 Å². The third-order valence-electron chi connectivity index (χ3n) is 4.41. The highest BCUT2D eigenvalue weighted by Gasteiger charge is 2.44. The first-order chi connectivity index (χ1) is 13.6. The SMILES string of the molecule is CC(C)(C)CC1OC(n2cnc3c(=O)[nH]c(N)nc32)CC1OP(=O)(O)OC(C)(C)C. The largest absolute Gasteiger partial charge is 0.473 e. The molecule has 0 radical (unpaired) electrons. The second-order valence-corrected chi connectivity index (χ2v) is 11.1. The summed E-state index contributed by atoms with van der Waals surface area (Å²) in [6, 6.07) is 0. The summed E-state index contributed by atoms with van der Waals surface area (Å²) in [6.45, 7) is 11.1. The van der Waals surface area contributed by atoms with Gasteiger partial charge in [0.05, 0.1) is 24.1 Å². The second-order valence-electron chi connectivity index (χ2n) is 9.72. The molecule has 4 unspecified atom stereocenters. The van der Waals surface area contributed by atoms with Crippen LogP contribution in [0.2, 0.25) is 0 Å². The third kappa shape index (κ3) is 5.47. The van der Waals surface area contributed by atoms with Crippen LogP contribution in [0.15, 0.2) is 11.1 Å². The molecule has 168 valence electrons. The predicted octanol–water partition coefficient (Wildman–Crippen LogP) is 2.73. The number of phosphoric acid groups is 1. The highest BCUT2D eigenvalue weighted by molar-refractivity contribution is 7.47. The second kappa shape index (κ2) is 7.72. The van der Waals surface area contributed by atoms with E-state index in [4.69, 9.17) is 19.5 Å². The van der Waals surface area contributed by atoms with E-state index in [1.54, 1.807) is 25.3 Å². The number of phosphoric ester groups is 1. The van der Waals surface area contributed by atoms with Gasteiger partial charge in [-0.1, -0.05) is 20.8 Å². The van der Waals surface area contributed by atoms with E-state index in [2.05, 4.69) is 15.0 Å². The van der Waals surface area contributed by atoms with Gasteiger partial charge in [0.15, 0.2) is 11.2 Å². The minimum absolute atomic E-state index is 0.0373. The molecule has 11 nitrogen and oxygen atoms in total. The molecule has 0 amide bonds. The molecule has 0 aliphatic carbocycles. The minimum atomic E-state index is -4.33. The maximum absolute atomic E-state index is 12.6. The lowest BCUT2D eigenvalue weighted by Gasteiger charge is -2.29. The van der Waals surface area contributed by atoms with Crippen molar-refractivity contribution in [1.82, 2.24) is 19.5 Å². The number of fused-ring (bicyclic) bond motifs is 1. The minimum Gasteiger partial charge on any atom is -0.369 e. The van der Waals surface area contributed by atoms with Crippen molar-refractivity contribution in [2.45, 2.75) is 78.4 Å².